The Morgan fingerprint density at radius 1 is 0.756 bits per heavy atom. The molecule has 0 spiro atoms. The maximum absolute atomic E-state index is 13.2. The van der Waals surface area contributed by atoms with E-state index in [0.29, 0.717) is 26.2 Å². The third-order valence-corrected chi connectivity index (χ3v) is 7.33. The molecule has 1 heterocycles. The molecule has 3 aromatic carbocycles. The van der Waals surface area contributed by atoms with Gasteiger partial charge < -0.3 is 23.7 Å². The van der Waals surface area contributed by atoms with E-state index in [1.807, 2.05) is 91.0 Å². The lowest BCUT2D eigenvalue weighted by Crippen LogP contribution is -2.53. The van der Waals surface area contributed by atoms with Crippen LogP contribution in [-0.2, 0) is 48.3 Å². The Hall–Kier alpha value is -3.03. The largest absolute Gasteiger partial charge is 0.435 e. The molecule has 0 aromatic heterocycles. The molecule has 3 aromatic rings. The van der Waals surface area contributed by atoms with E-state index in [9.17, 15) is 4.79 Å². The Labute approximate surface area is 244 Å². The normalized spacial score (nSPS) is 20.7. The second-order valence-corrected chi connectivity index (χ2v) is 10.6. The Balaban J connectivity index is 1.51. The van der Waals surface area contributed by atoms with Crippen LogP contribution in [0.15, 0.2) is 91.0 Å². The van der Waals surface area contributed by atoms with E-state index in [1.54, 1.807) is 0 Å². The second-order valence-electron chi connectivity index (χ2n) is 10.6. The molecule has 0 saturated carbocycles. The van der Waals surface area contributed by atoms with Crippen LogP contribution in [0.3, 0.4) is 0 Å². The van der Waals surface area contributed by atoms with E-state index in [0.717, 1.165) is 42.4 Å². The molecule has 0 amide bonds. The number of ether oxygens (including phenoxy) is 5. The van der Waals surface area contributed by atoms with Gasteiger partial charge in [0.05, 0.1) is 38.4 Å². The van der Waals surface area contributed by atoms with E-state index >= 15 is 0 Å². The first-order valence-corrected chi connectivity index (χ1v) is 14.9. The van der Waals surface area contributed by atoms with Crippen LogP contribution in [0, 0.1) is 5.92 Å². The lowest BCUT2D eigenvalue weighted by Gasteiger charge is -2.41. The number of rotatable bonds is 16. The fourth-order valence-electron chi connectivity index (χ4n) is 5.19. The predicted molar refractivity (Wildman–Crippen MR) is 159 cm³/mol. The lowest BCUT2D eigenvalue weighted by molar-refractivity contribution is -0.273. The number of hydrogen-bond acceptors (Lipinski definition) is 6. The Bertz CT molecular complexity index is 1120. The van der Waals surface area contributed by atoms with E-state index in [2.05, 4.69) is 13.8 Å². The second kappa shape index (κ2) is 17.0. The molecule has 1 aliphatic rings. The van der Waals surface area contributed by atoms with Gasteiger partial charge in [-0.1, -0.05) is 118 Å². The molecule has 0 N–H and O–H groups in total. The van der Waals surface area contributed by atoms with Gasteiger partial charge in [-0.15, -0.1) is 0 Å². The SMILES string of the molecule is CCCC(CCC)C(=O)O[C@H]1C[C@@H](OCc2ccccc2)[C@H](OCc2ccccc2)[C@@H](COCc2ccccc2)O1. The first kappa shape index (κ1) is 30.9. The summed E-state index contributed by atoms with van der Waals surface area (Å²) in [6, 6.07) is 30.2. The highest BCUT2D eigenvalue weighted by atomic mass is 16.7. The van der Waals surface area contributed by atoms with Gasteiger partial charge in [0.1, 0.15) is 12.2 Å². The van der Waals surface area contributed by atoms with Crippen LogP contribution in [-0.4, -0.2) is 37.2 Å². The molecule has 0 unspecified atom stereocenters. The number of benzene rings is 3. The lowest BCUT2D eigenvalue weighted by atomic mass is 9.98. The van der Waals surface area contributed by atoms with Gasteiger partial charge in [0.2, 0.25) is 6.29 Å². The molecule has 1 saturated heterocycles. The monoisotopic (exact) mass is 560 g/mol. The van der Waals surface area contributed by atoms with E-state index in [-0.39, 0.29) is 24.6 Å². The standard InChI is InChI=1S/C35H44O6/c1-3-14-30(15-4-2)35(36)41-33-22-31(38-24-28-18-10-6-11-19-28)34(39-25-29-20-12-7-13-21-29)32(40-33)26-37-23-27-16-8-5-9-17-27/h5-13,16-21,30-34H,3-4,14-15,22-26H2,1-2H3/t31-,32-,33+,34+/m1/s1. The molecule has 0 bridgehead atoms. The fraction of sp³-hybridized carbons (Fsp3) is 0.457. The summed E-state index contributed by atoms with van der Waals surface area (Å²) in [5.74, 6) is -0.328. The summed E-state index contributed by atoms with van der Waals surface area (Å²) in [6.07, 6.45) is 1.88. The van der Waals surface area contributed by atoms with Gasteiger partial charge in [0.15, 0.2) is 0 Å². The highest BCUT2D eigenvalue weighted by molar-refractivity contribution is 5.72. The smallest absolute Gasteiger partial charge is 0.311 e. The molecule has 0 aliphatic carbocycles. The highest BCUT2D eigenvalue weighted by Gasteiger charge is 2.42. The zero-order chi connectivity index (χ0) is 28.7. The summed E-state index contributed by atoms with van der Waals surface area (Å²) >= 11 is 0. The van der Waals surface area contributed by atoms with Crippen LogP contribution in [0.1, 0.15) is 62.6 Å². The Morgan fingerprint density at radius 3 is 1.80 bits per heavy atom. The minimum atomic E-state index is -0.735. The zero-order valence-corrected chi connectivity index (χ0v) is 24.4. The van der Waals surface area contributed by atoms with Crippen molar-refractivity contribution in [3.8, 4) is 0 Å². The number of carbonyl (C=O) groups excluding carboxylic acids is 1. The zero-order valence-electron chi connectivity index (χ0n) is 24.4. The summed E-state index contributed by atoms with van der Waals surface area (Å²) in [7, 11) is 0. The van der Waals surface area contributed by atoms with Crippen LogP contribution >= 0.6 is 0 Å². The number of carbonyl (C=O) groups is 1. The van der Waals surface area contributed by atoms with Crippen LogP contribution in [0.2, 0.25) is 0 Å². The summed E-state index contributed by atoms with van der Waals surface area (Å²) in [5.41, 5.74) is 3.21. The average molecular weight is 561 g/mol. The molecule has 1 aliphatic heterocycles. The van der Waals surface area contributed by atoms with Crippen molar-refractivity contribution in [2.75, 3.05) is 6.61 Å². The van der Waals surface area contributed by atoms with Crippen molar-refractivity contribution in [1.29, 1.82) is 0 Å². The van der Waals surface area contributed by atoms with Crippen LogP contribution in [0.25, 0.3) is 0 Å². The van der Waals surface area contributed by atoms with Crippen molar-refractivity contribution in [3.63, 3.8) is 0 Å². The molecule has 4 rings (SSSR count). The molecular weight excluding hydrogens is 516 g/mol. The molecule has 0 radical (unpaired) electrons. The van der Waals surface area contributed by atoms with E-state index in [1.165, 1.54) is 0 Å². The average Bonchev–Trinajstić information content (AvgIpc) is 3.01. The number of esters is 1. The van der Waals surface area contributed by atoms with Gasteiger partial charge in [-0.3, -0.25) is 4.79 Å². The molecule has 4 atom stereocenters. The van der Waals surface area contributed by atoms with Gasteiger partial charge in [0, 0.05) is 6.42 Å². The third-order valence-electron chi connectivity index (χ3n) is 7.33. The van der Waals surface area contributed by atoms with Gasteiger partial charge in [-0.05, 0) is 29.5 Å². The van der Waals surface area contributed by atoms with Crippen LogP contribution in [0.4, 0.5) is 0 Å². The first-order valence-electron chi connectivity index (χ1n) is 14.9. The highest BCUT2D eigenvalue weighted by Crippen LogP contribution is 2.30. The van der Waals surface area contributed by atoms with E-state index < -0.39 is 18.5 Å². The van der Waals surface area contributed by atoms with Crippen molar-refractivity contribution >= 4 is 5.97 Å². The minimum absolute atomic E-state index is 0.128. The molecule has 1 fully saturated rings. The Morgan fingerprint density at radius 2 is 1.27 bits per heavy atom. The maximum atomic E-state index is 13.2. The topological polar surface area (TPSA) is 63.2 Å². The molecule has 220 valence electrons. The van der Waals surface area contributed by atoms with Crippen molar-refractivity contribution in [2.24, 2.45) is 5.92 Å². The van der Waals surface area contributed by atoms with Crippen LogP contribution in [0.5, 0.6) is 0 Å². The molecule has 41 heavy (non-hydrogen) atoms. The first-order chi connectivity index (χ1) is 20.2. The van der Waals surface area contributed by atoms with Gasteiger partial charge in [-0.25, -0.2) is 0 Å². The molecule has 6 heteroatoms. The number of hydrogen-bond donors (Lipinski definition) is 0. The van der Waals surface area contributed by atoms with Crippen LogP contribution < -0.4 is 0 Å². The fourth-order valence-corrected chi connectivity index (χ4v) is 5.19. The van der Waals surface area contributed by atoms with Gasteiger partial charge >= 0.3 is 5.97 Å². The van der Waals surface area contributed by atoms with Crippen molar-refractivity contribution < 1.29 is 28.5 Å². The molecule has 6 nitrogen and oxygen atoms in total. The van der Waals surface area contributed by atoms with E-state index in [4.69, 9.17) is 23.7 Å². The van der Waals surface area contributed by atoms with Crippen molar-refractivity contribution in [2.45, 2.75) is 90.4 Å². The predicted octanol–water partition coefficient (Wildman–Crippen LogP) is 7.25. The quantitative estimate of drug-likeness (QED) is 0.172. The molecular formula is C35H44O6. The summed E-state index contributed by atoms with van der Waals surface area (Å²) in [4.78, 5) is 13.2. The van der Waals surface area contributed by atoms with Crippen molar-refractivity contribution in [1.82, 2.24) is 0 Å². The third kappa shape index (κ3) is 10.1. The van der Waals surface area contributed by atoms with Gasteiger partial charge in [0.25, 0.3) is 0 Å². The summed E-state index contributed by atoms with van der Waals surface area (Å²) in [5, 5.41) is 0. The minimum Gasteiger partial charge on any atom is -0.435 e. The summed E-state index contributed by atoms with van der Waals surface area (Å²) in [6.45, 7) is 5.74. The summed E-state index contributed by atoms with van der Waals surface area (Å²) < 4.78 is 31.5. The maximum Gasteiger partial charge on any atom is 0.311 e. The van der Waals surface area contributed by atoms with Crippen molar-refractivity contribution in [3.05, 3.63) is 108 Å². The Kier molecular flexibility index (Phi) is 12.9. The van der Waals surface area contributed by atoms with Gasteiger partial charge in [-0.2, -0.15) is 0 Å².